The van der Waals surface area contributed by atoms with Crippen LogP contribution in [-0.2, 0) is 0 Å². The molecule has 2 saturated heterocycles. The quantitative estimate of drug-likeness (QED) is 0.877. The maximum absolute atomic E-state index is 12.8. The molecule has 4 heterocycles. The molecule has 7 nitrogen and oxygen atoms in total. The number of nitrogens with one attached hydrogen (secondary N) is 2. The summed E-state index contributed by atoms with van der Waals surface area (Å²) in [5.41, 5.74) is 1.06. The van der Waals surface area contributed by atoms with Gasteiger partial charge in [-0.25, -0.2) is 4.98 Å². The van der Waals surface area contributed by atoms with E-state index < -0.39 is 0 Å². The van der Waals surface area contributed by atoms with E-state index in [4.69, 9.17) is 13.9 Å². The zero-order valence-electron chi connectivity index (χ0n) is 14.4. The average molecular weight is 355 g/mol. The number of rotatable bonds is 3. The molecule has 0 saturated carbocycles. The van der Waals surface area contributed by atoms with Crippen LogP contribution < -0.4 is 20.1 Å². The molecule has 3 aliphatic rings. The number of nitrogens with zero attached hydrogens (tertiary/aromatic N) is 1. The van der Waals surface area contributed by atoms with E-state index in [2.05, 4.69) is 15.6 Å². The smallest absolute Gasteiger partial charge is 0.274 e. The molecular weight excluding hydrogens is 334 g/mol. The number of fused-ring (bicyclic) bond motifs is 3. The number of amides is 1. The molecule has 2 N–H and O–H groups in total. The van der Waals surface area contributed by atoms with E-state index in [0.717, 1.165) is 18.4 Å². The SMILES string of the molecule is O=C(NC1CC2CCC(C1)N2)c1ncoc1-c1ccc2c(c1)OCCO2. The van der Waals surface area contributed by atoms with Crippen LogP contribution in [-0.4, -0.2) is 42.2 Å². The Morgan fingerprint density at radius 3 is 2.69 bits per heavy atom. The third-order valence-electron chi connectivity index (χ3n) is 5.40. The van der Waals surface area contributed by atoms with Crippen molar-refractivity contribution < 1.29 is 18.7 Å². The Morgan fingerprint density at radius 1 is 1.12 bits per heavy atom. The molecule has 136 valence electrons. The number of piperidine rings is 1. The molecule has 1 amide bonds. The third kappa shape index (κ3) is 2.82. The lowest BCUT2D eigenvalue weighted by Crippen LogP contribution is -2.48. The van der Waals surface area contributed by atoms with Gasteiger partial charge in [0.15, 0.2) is 29.3 Å². The van der Waals surface area contributed by atoms with Crippen molar-refractivity contribution in [2.75, 3.05) is 13.2 Å². The highest BCUT2D eigenvalue weighted by Crippen LogP contribution is 2.35. The monoisotopic (exact) mass is 355 g/mol. The van der Waals surface area contributed by atoms with Gasteiger partial charge in [-0.3, -0.25) is 4.79 Å². The van der Waals surface area contributed by atoms with Gasteiger partial charge in [0, 0.05) is 23.7 Å². The summed E-state index contributed by atoms with van der Waals surface area (Å²) in [5.74, 6) is 1.63. The molecule has 1 aromatic heterocycles. The fourth-order valence-electron chi connectivity index (χ4n) is 4.23. The van der Waals surface area contributed by atoms with Crippen molar-refractivity contribution in [3.05, 3.63) is 30.3 Å². The van der Waals surface area contributed by atoms with Gasteiger partial charge in [0.2, 0.25) is 0 Å². The number of hydrogen-bond donors (Lipinski definition) is 2. The second-order valence-electron chi connectivity index (χ2n) is 7.17. The number of hydrogen-bond acceptors (Lipinski definition) is 6. The van der Waals surface area contributed by atoms with Gasteiger partial charge in [-0.1, -0.05) is 0 Å². The first-order valence-electron chi connectivity index (χ1n) is 9.16. The van der Waals surface area contributed by atoms with Crippen LogP contribution in [0.25, 0.3) is 11.3 Å². The minimum Gasteiger partial charge on any atom is -0.486 e. The highest BCUT2D eigenvalue weighted by molar-refractivity contribution is 5.97. The molecule has 1 aromatic carbocycles. The van der Waals surface area contributed by atoms with Gasteiger partial charge >= 0.3 is 0 Å². The highest BCUT2D eigenvalue weighted by Gasteiger charge is 2.34. The Hall–Kier alpha value is -2.54. The molecule has 2 fully saturated rings. The Kier molecular flexibility index (Phi) is 3.81. The largest absolute Gasteiger partial charge is 0.486 e. The number of aromatic nitrogens is 1. The summed E-state index contributed by atoms with van der Waals surface area (Å²) < 4.78 is 16.7. The third-order valence-corrected chi connectivity index (χ3v) is 5.40. The van der Waals surface area contributed by atoms with Crippen molar-refractivity contribution in [1.82, 2.24) is 15.6 Å². The molecule has 2 unspecified atom stereocenters. The molecule has 0 spiro atoms. The Labute approximate surface area is 151 Å². The maximum Gasteiger partial charge on any atom is 0.274 e. The Bertz CT molecular complexity index is 822. The van der Waals surface area contributed by atoms with Crippen LogP contribution in [0.5, 0.6) is 11.5 Å². The number of carbonyl (C=O) groups excluding carboxylic acids is 1. The molecule has 2 aromatic rings. The summed E-state index contributed by atoms with van der Waals surface area (Å²) in [4.78, 5) is 16.9. The zero-order valence-corrected chi connectivity index (χ0v) is 14.4. The van der Waals surface area contributed by atoms with Crippen molar-refractivity contribution in [2.24, 2.45) is 0 Å². The summed E-state index contributed by atoms with van der Waals surface area (Å²) in [5, 5.41) is 6.72. The average Bonchev–Trinajstić information content (AvgIpc) is 3.28. The van der Waals surface area contributed by atoms with E-state index in [1.807, 2.05) is 18.2 Å². The summed E-state index contributed by atoms with van der Waals surface area (Å²) in [7, 11) is 0. The van der Waals surface area contributed by atoms with Crippen molar-refractivity contribution in [2.45, 2.75) is 43.8 Å². The lowest BCUT2D eigenvalue weighted by molar-refractivity contribution is 0.0919. The summed E-state index contributed by atoms with van der Waals surface area (Å²) in [6.45, 7) is 1.05. The lowest BCUT2D eigenvalue weighted by atomic mass is 9.99. The van der Waals surface area contributed by atoms with Gasteiger partial charge in [0.25, 0.3) is 5.91 Å². The fourth-order valence-corrected chi connectivity index (χ4v) is 4.23. The van der Waals surface area contributed by atoms with E-state index in [1.165, 1.54) is 19.2 Å². The molecule has 7 heteroatoms. The maximum atomic E-state index is 12.8. The second kappa shape index (κ2) is 6.32. The fraction of sp³-hybridized carbons (Fsp3) is 0.474. The number of benzene rings is 1. The van der Waals surface area contributed by atoms with Gasteiger partial charge < -0.3 is 24.5 Å². The standard InChI is InChI=1S/C19H21N3O4/c23-19(22-14-8-12-2-3-13(9-14)21-12)17-18(26-10-20-17)11-1-4-15-16(7-11)25-6-5-24-15/h1,4,7,10,12-14,21H,2-3,5-6,8-9H2,(H,22,23). The number of ether oxygens (including phenoxy) is 2. The molecule has 3 aliphatic heterocycles. The van der Waals surface area contributed by atoms with Crippen LogP contribution in [0.3, 0.4) is 0 Å². The molecule has 0 aliphatic carbocycles. The van der Waals surface area contributed by atoms with Gasteiger partial charge in [-0.2, -0.15) is 0 Å². The van der Waals surface area contributed by atoms with Crippen molar-refractivity contribution in [3.8, 4) is 22.8 Å². The van der Waals surface area contributed by atoms with E-state index in [1.54, 1.807) is 0 Å². The highest BCUT2D eigenvalue weighted by atomic mass is 16.6. The van der Waals surface area contributed by atoms with Crippen molar-refractivity contribution >= 4 is 5.91 Å². The number of carbonyl (C=O) groups is 1. The van der Waals surface area contributed by atoms with E-state index in [0.29, 0.717) is 48.3 Å². The molecule has 2 atom stereocenters. The van der Waals surface area contributed by atoms with Gasteiger partial charge in [0.05, 0.1) is 0 Å². The molecular formula is C19H21N3O4. The second-order valence-corrected chi connectivity index (χ2v) is 7.17. The summed E-state index contributed by atoms with van der Waals surface area (Å²) in [6.07, 6.45) is 5.65. The topological polar surface area (TPSA) is 85.6 Å². The van der Waals surface area contributed by atoms with Crippen LogP contribution in [0.1, 0.15) is 36.2 Å². The van der Waals surface area contributed by atoms with Crippen LogP contribution in [0, 0.1) is 0 Å². The Morgan fingerprint density at radius 2 is 1.88 bits per heavy atom. The first-order chi connectivity index (χ1) is 12.8. The van der Waals surface area contributed by atoms with Gasteiger partial charge in [0.1, 0.15) is 13.2 Å². The molecule has 2 bridgehead atoms. The predicted molar refractivity (Wildman–Crippen MR) is 93.4 cm³/mol. The van der Waals surface area contributed by atoms with E-state index >= 15 is 0 Å². The van der Waals surface area contributed by atoms with Crippen LogP contribution in [0.2, 0.25) is 0 Å². The number of oxazole rings is 1. The first kappa shape index (κ1) is 15.7. The van der Waals surface area contributed by atoms with E-state index in [-0.39, 0.29) is 11.9 Å². The van der Waals surface area contributed by atoms with E-state index in [9.17, 15) is 4.79 Å². The van der Waals surface area contributed by atoms with Crippen LogP contribution in [0.15, 0.2) is 29.0 Å². The minimum atomic E-state index is -0.185. The molecule has 0 radical (unpaired) electrons. The lowest BCUT2D eigenvalue weighted by Gasteiger charge is -2.29. The molecule has 26 heavy (non-hydrogen) atoms. The van der Waals surface area contributed by atoms with Crippen molar-refractivity contribution in [3.63, 3.8) is 0 Å². The van der Waals surface area contributed by atoms with Gasteiger partial charge in [-0.05, 0) is 43.9 Å². The van der Waals surface area contributed by atoms with Gasteiger partial charge in [-0.15, -0.1) is 0 Å². The normalized spacial score (nSPS) is 26.5. The summed E-state index contributed by atoms with van der Waals surface area (Å²) >= 11 is 0. The first-order valence-corrected chi connectivity index (χ1v) is 9.16. The predicted octanol–water partition coefficient (Wildman–Crippen LogP) is 2.13. The summed E-state index contributed by atoms with van der Waals surface area (Å²) in [6, 6.07) is 6.75. The minimum absolute atomic E-state index is 0.185. The van der Waals surface area contributed by atoms with Crippen LogP contribution >= 0.6 is 0 Å². The zero-order chi connectivity index (χ0) is 17.5. The van der Waals surface area contributed by atoms with Crippen LogP contribution in [0.4, 0.5) is 0 Å². The van der Waals surface area contributed by atoms with Crippen molar-refractivity contribution in [1.29, 1.82) is 0 Å². The molecule has 5 rings (SSSR count). The Balaban J connectivity index is 1.36.